The number of hydrogen-bond donors (Lipinski definition) is 1. The highest BCUT2D eigenvalue weighted by Gasteiger charge is 2.34. The van der Waals surface area contributed by atoms with E-state index in [1.54, 1.807) is 24.4 Å². The Hall–Kier alpha value is -3.18. The molecule has 1 aromatic heterocycles. The lowest BCUT2D eigenvalue weighted by molar-refractivity contribution is -0.113. The van der Waals surface area contributed by atoms with Gasteiger partial charge in [0.1, 0.15) is 17.8 Å². The number of halogens is 2. The van der Waals surface area contributed by atoms with Crippen LogP contribution in [0.3, 0.4) is 0 Å². The molecule has 3 heterocycles. The second-order valence-electron chi connectivity index (χ2n) is 10.2. The number of amides is 2. The van der Waals surface area contributed by atoms with E-state index in [0.717, 1.165) is 43.6 Å². The van der Waals surface area contributed by atoms with Crippen LogP contribution in [0.25, 0.3) is 11.6 Å². The summed E-state index contributed by atoms with van der Waals surface area (Å²) in [6.45, 7) is 6.14. The van der Waals surface area contributed by atoms with E-state index in [0.29, 0.717) is 34.6 Å². The molecule has 5 rings (SSSR count). The van der Waals surface area contributed by atoms with Crippen molar-refractivity contribution in [1.82, 2.24) is 20.2 Å². The molecule has 2 amide bonds. The number of fused-ring (bicyclic) bond motifs is 1. The van der Waals surface area contributed by atoms with Crippen LogP contribution < -0.4 is 10.2 Å². The molecule has 0 bridgehead atoms. The minimum absolute atomic E-state index is 0.0802. The summed E-state index contributed by atoms with van der Waals surface area (Å²) >= 11 is 2.38. The van der Waals surface area contributed by atoms with E-state index >= 15 is 0 Å². The summed E-state index contributed by atoms with van der Waals surface area (Å²) in [5.41, 5.74) is 4.35. The molecular formula is C31H33FIN5O2. The summed E-state index contributed by atoms with van der Waals surface area (Å²) in [4.78, 5) is 39.1. The maximum absolute atomic E-state index is 14.4. The van der Waals surface area contributed by atoms with E-state index in [-0.39, 0.29) is 28.1 Å². The lowest BCUT2D eigenvalue weighted by Crippen LogP contribution is -2.28. The number of aromatic nitrogens is 2. The second kappa shape index (κ2) is 13.0. The van der Waals surface area contributed by atoms with Gasteiger partial charge in [0.25, 0.3) is 11.8 Å². The van der Waals surface area contributed by atoms with Crippen molar-refractivity contribution in [2.75, 3.05) is 31.1 Å². The summed E-state index contributed by atoms with van der Waals surface area (Å²) in [7, 11) is 0. The summed E-state index contributed by atoms with van der Waals surface area (Å²) in [6.07, 6.45) is 9.17. The molecule has 0 aliphatic carbocycles. The van der Waals surface area contributed by atoms with Crippen LogP contribution in [0.2, 0.25) is 0 Å². The van der Waals surface area contributed by atoms with Gasteiger partial charge in [0.15, 0.2) is 0 Å². The highest BCUT2D eigenvalue weighted by Crippen LogP contribution is 2.39. The van der Waals surface area contributed by atoms with Crippen molar-refractivity contribution in [2.24, 2.45) is 0 Å². The Kier molecular flexibility index (Phi) is 9.21. The van der Waals surface area contributed by atoms with Crippen LogP contribution in [-0.4, -0.2) is 52.9 Å². The van der Waals surface area contributed by atoms with E-state index in [4.69, 9.17) is 0 Å². The number of carbonyl (C=O) groups is 2. The third-order valence-electron chi connectivity index (χ3n) is 7.48. The number of hydrogen-bond acceptors (Lipinski definition) is 5. The molecule has 2 aromatic carbocycles. The number of anilines is 1. The Balaban J connectivity index is 1.39. The van der Waals surface area contributed by atoms with Crippen LogP contribution in [0.4, 0.5) is 10.1 Å². The minimum atomic E-state index is -0.367. The van der Waals surface area contributed by atoms with Gasteiger partial charge in [-0.2, -0.15) is 0 Å². The Morgan fingerprint density at radius 3 is 2.77 bits per heavy atom. The Bertz CT molecular complexity index is 1420. The maximum Gasteiger partial charge on any atom is 0.260 e. The number of benzene rings is 2. The van der Waals surface area contributed by atoms with Crippen LogP contribution >= 0.6 is 22.6 Å². The Morgan fingerprint density at radius 2 is 2.00 bits per heavy atom. The smallest absolute Gasteiger partial charge is 0.260 e. The first kappa shape index (κ1) is 28.4. The van der Waals surface area contributed by atoms with Crippen LogP contribution in [0.15, 0.2) is 55.0 Å². The first-order chi connectivity index (χ1) is 19.5. The molecule has 40 heavy (non-hydrogen) atoms. The molecule has 7 nitrogen and oxygen atoms in total. The van der Waals surface area contributed by atoms with Crippen LogP contribution in [0.1, 0.15) is 69.3 Å². The van der Waals surface area contributed by atoms with E-state index in [1.807, 2.05) is 24.3 Å². The van der Waals surface area contributed by atoms with Crippen LogP contribution in [-0.2, 0) is 11.3 Å². The number of alkyl halides is 1. The van der Waals surface area contributed by atoms with Gasteiger partial charge in [-0.25, -0.2) is 14.4 Å². The number of likely N-dealkylation sites (tertiary alicyclic amines) is 1. The third-order valence-corrected chi connectivity index (χ3v) is 9.03. The average Bonchev–Trinajstić information content (AvgIpc) is 3.59. The fourth-order valence-corrected chi connectivity index (χ4v) is 5.81. The largest absolute Gasteiger partial charge is 0.352 e. The molecule has 0 saturated carbocycles. The van der Waals surface area contributed by atoms with Gasteiger partial charge < -0.3 is 15.1 Å². The van der Waals surface area contributed by atoms with E-state index in [1.165, 1.54) is 30.1 Å². The normalized spacial score (nSPS) is 16.9. The van der Waals surface area contributed by atoms with Crippen molar-refractivity contribution >= 4 is 51.7 Å². The molecule has 1 saturated heterocycles. The highest BCUT2D eigenvalue weighted by molar-refractivity contribution is 14.1. The van der Waals surface area contributed by atoms with Gasteiger partial charge in [0.2, 0.25) is 0 Å². The Morgan fingerprint density at radius 1 is 1.20 bits per heavy atom. The molecule has 208 valence electrons. The molecule has 1 unspecified atom stereocenters. The first-order valence-electron chi connectivity index (χ1n) is 13.8. The zero-order valence-electron chi connectivity index (χ0n) is 22.6. The number of nitrogens with zero attached hydrogens (tertiary/aromatic N) is 4. The average molecular weight is 654 g/mol. The lowest BCUT2D eigenvalue weighted by atomic mass is 9.97. The molecule has 0 radical (unpaired) electrons. The molecule has 0 spiro atoms. The summed E-state index contributed by atoms with van der Waals surface area (Å²) in [5, 5.41) is 3.06. The molecular weight excluding hydrogens is 620 g/mol. The van der Waals surface area contributed by atoms with Crippen molar-refractivity contribution in [3.8, 4) is 0 Å². The van der Waals surface area contributed by atoms with Gasteiger partial charge in [-0.15, -0.1) is 0 Å². The van der Waals surface area contributed by atoms with Gasteiger partial charge in [0.05, 0.1) is 24.0 Å². The minimum Gasteiger partial charge on any atom is -0.352 e. The summed E-state index contributed by atoms with van der Waals surface area (Å²) < 4.78 is 14.6. The predicted octanol–water partition coefficient (Wildman–Crippen LogP) is 5.80. The molecule has 1 atom stereocenters. The van der Waals surface area contributed by atoms with Gasteiger partial charge in [0, 0.05) is 21.6 Å². The molecule has 9 heteroatoms. The fraction of sp³-hybridized carbons (Fsp3) is 0.355. The zero-order valence-corrected chi connectivity index (χ0v) is 24.7. The maximum atomic E-state index is 14.4. The summed E-state index contributed by atoms with van der Waals surface area (Å²) in [5.74, 6) is -0.715. The lowest BCUT2D eigenvalue weighted by Gasteiger charge is -2.17. The van der Waals surface area contributed by atoms with Crippen LogP contribution in [0.5, 0.6) is 0 Å². The third kappa shape index (κ3) is 6.25. The van der Waals surface area contributed by atoms with Crippen molar-refractivity contribution in [2.45, 2.75) is 43.1 Å². The summed E-state index contributed by atoms with van der Waals surface area (Å²) in [6, 6.07) is 12.1. The molecule has 1 N–H and O–H groups in total. The van der Waals surface area contributed by atoms with Crippen LogP contribution in [0, 0.1) is 5.82 Å². The van der Waals surface area contributed by atoms with Gasteiger partial charge >= 0.3 is 0 Å². The van der Waals surface area contributed by atoms with Crippen molar-refractivity contribution in [3.05, 3.63) is 88.8 Å². The highest BCUT2D eigenvalue weighted by atomic mass is 127. The number of nitrogens with one attached hydrogen (secondary N) is 1. The van der Waals surface area contributed by atoms with Gasteiger partial charge in [-0.1, -0.05) is 53.8 Å². The first-order valence-corrected chi connectivity index (χ1v) is 15.1. The van der Waals surface area contributed by atoms with Crippen molar-refractivity contribution < 1.29 is 14.0 Å². The zero-order chi connectivity index (χ0) is 28.1. The Labute approximate surface area is 248 Å². The number of rotatable bonds is 10. The van der Waals surface area contributed by atoms with E-state index in [2.05, 4.69) is 49.7 Å². The molecule has 3 aromatic rings. The molecule has 2 aliphatic heterocycles. The van der Waals surface area contributed by atoms with E-state index < -0.39 is 0 Å². The fourth-order valence-electron chi connectivity index (χ4n) is 5.27. The second-order valence-corrected chi connectivity index (χ2v) is 11.7. The predicted molar refractivity (Wildman–Crippen MR) is 164 cm³/mol. The van der Waals surface area contributed by atoms with Crippen molar-refractivity contribution in [3.63, 3.8) is 0 Å². The van der Waals surface area contributed by atoms with Gasteiger partial charge in [-0.3, -0.25) is 9.59 Å². The topological polar surface area (TPSA) is 78.4 Å². The van der Waals surface area contributed by atoms with Crippen molar-refractivity contribution in [1.29, 1.82) is 0 Å². The standard InChI is InChI=1S/C31H33FIN5O2/c1-2-27(33)24-17-22(30(39)35-12-7-15-37-13-5-6-14-37)11-10-21(24)16-25-29-28(18-34-20-36-29)38(31(25)40)19-23-8-3-4-9-26(23)32/h3-4,8-11,16-18,20,27H,2,5-7,12-15,19H2,1H3,(H,35,39)/b25-16+. The molecule has 1 fully saturated rings. The SMILES string of the molecule is CCC(I)c1cc(C(=O)NCCCN2CCCC2)ccc1/C=C1/C(=O)N(Cc2ccccc2F)c2cncnc21. The van der Waals surface area contributed by atoms with E-state index in [9.17, 15) is 14.0 Å². The van der Waals surface area contributed by atoms with Gasteiger partial charge in [-0.05, 0) is 80.7 Å². The monoisotopic (exact) mass is 653 g/mol. The number of carbonyl (C=O) groups excluding carboxylic acids is 2. The molecule has 2 aliphatic rings. The quantitative estimate of drug-likeness (QED) is 0.130.